The molecule has 0 unspecified atom stereocenters. The number of rotatable bonds is 2. The van der Waals surface area contributed by atoms with Crippen molar-refractivity contribution in [3.8, 4) is 0 Å². The molecule has 0 radical (unpaired) electrons. The quantitative estimate of drug-likeness (QED) is 0.775. The van der Waals surface area contributed by atoms with Crippen molar-refractivity contribution < 1.29 is 0 Å². The SMILES string of the molecule is CNC(C)(C)C1=CCCc2ccccc21. The molecule has 1 aromatic carbocycles. The third kappa shape index (κ3) is 1.84. The number of nitrogens with one attached hydrogen (secondary N) is 1. The summed E-state index contributed by atoms with van der Waals surface area (Å²) >= 11 is 0. The average Bonchev–Trinajstić information content (AvgIpc) is 2.28. The van der Waals surface area contributed by atoms with Crippen LogP contribution in [0.1, 0.15) is 31.4 Å². The topological polar surface area (TPSA) is 12.0 Å². The maximum atomic E-state index is 3.38. The highest BCUT2D eigenvalue weighted by Crippen LogP contribution is 2.33. The predicted octanol–water partition coefficient (Wildman–Crippen LogP) is 3.01. The Labute approximate surface area is 92.2 Å². The number of hydrogen-bond acceptors (Lipinski definition) is 1. The first kappa shape index (κ1) is 10.4. The zero-order chi connectivity index (χ0) is 10.9. The van der Waals surface area contributed by atoms with Gasteiger partial charge in [-0.1, -0.05) is 30.3 Å². The summed E-state index contributed by atoms with van der Waals surface area (Å²) in [6.45, 7) is 4.47. The van der Waals surface area contributed by atoms with E-state index in [1.807, 2.05) is 7.05 Å². The van der Waals surface area contributed by atoms with Gasteiger partial charge in [0, 0.05) is 5.54 Å². The molecule has 1 N–H and O–H groups in total. The summed E-state index contributed by atoms with van der Waals surface area (Å²) in [5.74, 6) is 0. The fourth-order valence-electron chi connectivity index (χ4n) is 2.21. The molecule has 1 nitrogen and oxygen atoms in total. The van der Waals surface area contributed by atoms with Crippen LogP contribution in [0.4, 0.5) is 0 Å². The molecule has 0 heterocycles. The van der Waals surface area contributed by atoms with Gasteiger partial charge < -0.3 is 5.32 Å². The fourth-order valence-corrected chi connectivity index (χ4v) is 2.21. The lowest BCUT2D eigenvalue weighted by Gasteiger charge is -2.31. The number of hydrogen-bond donors (Lipinski definition) is 1. The van der Waals surface area contributed by atoms with Gasteiger partial charge in [0.2, 0.25) is 0 Å². The van der Waals surface area contributed by atoms with E-state index in [-0.39, 0.29) is 5.54 Å². The molecule has 1 heteroatoms. The maximum absolute atomic E-state index is 3.38. The minimum atomic E-state index is 0.0660. The van der Waals surface area contributed by atoms with Crippen LogP contribution in [0.5, 0.6) is 0 Å². The molecule has 15 heavy (non-hydrogen) atoms. The van der Waals surface area contributed by atoms with Crippen molar-refractivity contribution in [3.05, 3.63) is 41.5 Å². The zero-order valence-electron chi connectivity index (χ0n) is 9.80. The summed E-state index contributed by atoms with van der Waals surface area (Å²) in [6, 6.07) is 8.74. The van der Waals surface area contributed by atoms with E-state index in [1.54, 1.807) is 0 Å². The standard InChI is InChI=1S/C14H19N/c1-14(2,15-3)13-10-6-8-11-7-4-5-9-12(11)13/h4-5,7,9-10,15H,6,8H2,1-3H3. The Morgan fingerprint density at radius 3 is 2.67 bits per heavy atom. The Morgan fingerprint density at radius 1 is 1.20 bits per heavy atom. The van der Waals surface area contributed by atoms with Crippen LogP contribution in [0.15, 0.2) is 30.3 Å². The van der Waals surface area contributed by atoms with Gasteiger partial charge in [0.05, 0.1) is 0 Å². The highest BCUT2D eigenvalue weighted by atomic mass is 14.9. The van der Waals surface area contributed by atoms with E-state index in [0.717, 1.165) is 6.42 Å². The van der Waals surface area contributed by atoms with Gasteiger partial charge in [0.15, 0.2) is 0 Å². The molecule has 0 aliphatic heterocycles. The van der Waals surface area contributed by atoms with Crippen molar-refractivity contribution in [2.45, 2.75) is 32.2 Å². The Bertz CT molecular complexity index is 388. The molecule has 0 saturated carbocycles. The second-order valence-corrected chi connectivity index (χ2v) is 4.69. The Balaban J connectivity index is 2.47. The van der Waals surface area contributed by atoms with E-state index in [4.69, 9.17) is 0 Å². The van der Waals surface area contributed by atoms with Crippen molar-refractivity contribution >= 4 is 5.57 Å². The predicted molar refractivity (Wildman–Crippen MR) is 65.9 cm³/mol. The summed E-state index contributed by atoms with van der Waals surface area (Å²) in [5, 5.41) is 3.38. The second-order valence-electron chi connectivity index (χ2n) is 4.69. The van der Waals surface area contributed by atoms with E-state index in [1.165, 1.54) is 23.1 Å². The number of fused-ring (bicyclic) bond motifs is 1. The molecular formula is C14H19N. The van der Waals surface area contributed by atoms with Gasteiger partial charge in [-0.2, -0.15) is 0 Å². The lowest BCUT2D eigenvalue weighted by molar-refractivity contribution is 0.541. The normalized spacial score (nSPS) is 15.8. The van der Waals surface area contributed by atoms with Crippen LogP contribution < -0.4 is 5.32 Å². The van der Waals surface area contributed by atoms with Crippen LogP contribution in [0, 0.1) is 0 Å². The molecule has 2 rings (SSSR count). The Morgan fingerprint density at radius 2 is 1.93 bits per heavy atom. The van der Waals surface area contributed by atoms with Gasteiger partial charge >= 0.3 is 0 Å². The van der Waals surface area contributed by atoms with Crippen molar-refractivity contribution in [2.24, 2.45) is 0 Å². The van der Waals surface area contributed by atoms with Gasteiger partial charge in [0.1, 0.15) is 0 Å². The minimum Gasteiger partial charge on any atom is -0.311 e. The smallest absolute Gasteiger partial charge is 0.0377 e. The first-order chi connectivity index (χ1) is 7.15. The first-order valence-corrected chi connectivity index (χ1v) is 5.63. The zero-order valence-corrected chi connectivity index (χ0v) is 9.80. The summed E-state index contributed by atoms with van der Waals surface area (Å²) < 4.78 is 0. The second kappa shape index (κ2) is 3.82. The summed E-state index contributed by atoms with van der Waals surface area (Å²) in [6.07, 6.45) is 4.72. The molecule has 0 amide bonds. The minimum absolute atomic E-state index is 0.0660. The van der Waals surface area contributed by atoms with Gasteiger partial charge in [-0.15, -0.1) is 0 Å². The highest BCUT2D eigenvalue weighted by Gasteiger charge is 2.25. The number of aryl methyl sites for hydroxylation is 1. The molecule has 0 spiro atoms. The number of likely N-dealkylation sites (N-methyl/N-ethyl adjacent to an activating group) is 1. The van der Waals surface area contributed by atoms with Crippen molar-refractivity contribution in [3.63, 3.8) is 0 Å². The van der Waals surface area contributed by atoms with Crippen LogP contribution in [-0.2, 0) is 6.42 Å². The van der Waals surface area contributed by atoms with E-state index in [9.17, 15) is 0 Å². The largest absolute Gasteiger partial charge is 0.311 e. The molecule has 0 bridgehead atoms. The Kier molecular flexibility index (Phi) is 2.66. The molecule has 80 valence electrons. The summed E-state index contributed by atoms with van der Waals surface area (Å²) in [5.41, 5.74) is 4.41. The van der Waals surface area contributed by atoms with Gasteiger partial charge in [-0.3, -0.25) is 0 Å². The molecule has 0 aromatic heterocycles. The molecule has 0 fully saturated rings. The highest BCUT2D eigenvalue weighted by molar-refractivity contribution is 5.76. The number of allylic oxidation sites excluding steroid dienone is 1. The van der Waals surface area contributed by atoms with Crippen molar-refractivity contribution in [1.29, 1.82) is 0 Å². The van der Waals surface area contributed by atoms with Crippen LogP contribution in [-0.4, -0.2) is 12.6 Å². The Hall–Kier alpha value is -1.08. The van der Waals surface area contributed by atoms with Crippen LogP contribution >= 0.6 is 0 Å². The van der Waals surface area contributed by atoms with Crippen LogP contribution in [0.2, 0.25) is 0 Å². The van der Waals surface area contributed by atoms with E-state index >= 15 is 0 Å². The molecule has 1 aliphatic carbocycles. The maximum Gasteiger partial charge on any atom is 0.0377 e. The monoisotopic (exact) mass is 201 g/mol. The first-order valence-electron chi connectivity index (χ1n) is 5.63. The molecule has 0 saturated heterocycles. The fraction of sp³-hybridized carbons (Fsp3) is 0.429. The molecular weight excluding hydrogens is 182 g/mol. The van der Waals surface area contributed by atoms with E-state index in [2.05, 4.69) is 49.5 Å². The molecule has 0 atom stereocenters. The van der Waals surface area contributed by atoms with E-state index in [0.29, 0.717) is 0 Å². The van der Waals surface area contributed by atoms with Gasteiger partial charge in [0.25, 0.3) is 0 Å². The molecule has 1 aliphatic rings. The average molecular weight is 201 g/mol. The third-order valence-electron chi connectivity index (χ3n) is 3.37. The van der Waals surface area contributed by atoms with Crippen LogP contribution in [0.25, 0.3) is 5.57 Å². The molecule has 1 aromatic rings. The number of benzene rings is 1. The lowest BCUT2D eigenvalue weighted by atomic mass is 9.81. The van der Waals surface area contributed by atoms with Gasteiger partial charge in [-0.05, 0) is 50.4 Å². The summed E-state index contributed by atoms with van der Waals surface area (Å²) in [4.78, 5) is 0. The van der Waals surface area contributed by atoms with Crippen molar-refractivity contribution in [1.82, 2.24) is 5.32 Å². The lowest BCUT2D eigenvalue weighted by Crippen LogP contribution is -2.38. The van der Waals surface area contributed by atoms with E-state index < -0.39 is 0 Å². The third-order valence-corrected chi connectivity index (χ3v) is 3.37. The van der Waals surface area contributed by atoms with Crippen molar-refractivity contribution in [2.75, 3.05) is 7.05 Å². The summed E-state index contributed by atoms with van der Waals surface area (Å²) in [7, 11) is 2.03. The van der Waals surface area contributed by atoms with Crippen LogP contribution in [0.3, 0.4) is 0 Å². The van der Waals surface area contributed by atoms with Gasteiger partial charge in [-0.25, -0.2) is 0 Å².